The summed E-state index contributed by atoms with van der Waals surface area (Å²) < 4.78 is 0. The first-order chi connectivity index (χ1) is 9.97. The minimum Gasteiger partial charge on any atom is -0.480 e. The average molecular weight is 290 g/mol. The molecule has 1 heterocycles. The number of nitrogens with one attached hydrogen (secondary N) is 2. The van der Waals surface area contributed by atoms with Crippen LogP contribution in [-0.2, 0) is 20.8 Å². The topological polar surface area (TPSA) is 95.5 Å². The van der Waals surface area contributed by atoms with Crippen molar-refractivity contribution in [1.29, 1.82) is 0 Å². The number of rotatable bonds is 5. The number of carboxylic acids is 1. The molecule has 0 aliphatic carbocycles. The monoisotopic (exact) mass is 290 g/mol. The minimum atomic E-state index is -1.09. The van der Waals surface area contributed by atoms with Gasteiger partial charge in [0.15, 0.2) is 0 Å². The largest absolute Gasteiger partial charge is 0.480 e. The van der Waals surface area contributed by atoms with Gasteiger partial charge in [0.05, 0.1) is 0 Å². The fraction of sp³-hybridized carbons (Fsp3) is 0.400. The second kappa shape index (κ2) is 6.39. The lowest BCUT2D eigenvalue weighted by Crippen LogP contribution is -2.49. The zero-order valence-electron chi connectivity index (χ0n) is 11.8. The van der Waals surface area contributed by atoms with Crippen molar-refractivity contribution in [3.8, 4) is 0 Å². The summed E-state index contributed by atoms with van der Waals surface area (Å²) in [6.07, 6.45) is 0.920. The van der Waals surface area contributed by atoms with Gasteiger partial charge >= 0.3 is 5.97 Å². The number of carboxylic acid groups (broad SMARTS) is 1. The van der Waals surface area contributed by atoms with E-state index in [0.717, 1.165) is 11.1 Å². The van der Waals surface area contributed by atoms with Crippen LogP contribution in [0.1, 0.15) is 24.0 Å². The molecule has 2 rings (SSSR count). The van der Waals surface area contributed by atoms with E-state index in [1.54, 1.807) is 0 Å². The van der Waals surface area contributed by atoms with Crippen LogP contribution in [0.2, 0.25) is 0 Å². The predicted molar refractivity (Wildman–Crippen MR) is 75.6 cm³/mol. The van der Waals surface area contributed by atoms with Gasteiger partial charge in [0, 0.05) is 12.8 Å². The Balaban J connectivity index is 2.03. The van der Waals surface area contributed by atoms with Gasteiger partial charge in [0.25, 0.3) is 0 Å². The van der Waals surface area contributed by atoms with E-state index in [9.17, 15) is 19.5 Å². The van der Waals surface area contributed by atoms with Gasteiger partial charge < -0.3 is 15.7 Å². The maximum atomic E-state index is 12.0. The highest BCUT2D eigenvalue weighted by molar-refractivity contribution is 5.92. The summed E-state index contributed by atoms with van der Waals surface area (Å²) >= 11 is 0. The molecule has 1 saturated heterocycles. The van der Waals surface area contributed by atoms with Crippen LogP contribution in [-0.4, -0.2) is 35.0 Å². The minimum absolute atomic E-state index is 0.180. The molecule has 0 spiro atoms. The first-order valence-electron chi connectivity index (χ1n) is 6.84. The fourth-order valence-corrected chi connectivity index (χ4v) is 2.34. The van der Waals surface area contributed by atoms with Crippen molar-refractivity contribution in [3.63, 3.8) is 0 Å². The third-order valence-corrected chi connectivity index (χ3v) is 3.61. The van der Waals surface area contributed by atoms with Crippen LogP contribution in [0.4, 0.5) is 0 Å². The lowest BCUT2D eigenvalue weighted by Gasteiger charge is -2.18. The van der Waals surface area contributed by atoms with Gasteiger partial charge in [-0.2, -0.15) is 0 Å². The molecular formula is C15H18N2O4. The summed E-state index contributed by atoms with van der Waals surface area (Å²) in [5.74, 6) is -1.71. The summed E-state index contributed by atoms with van der Waals surface area (Å²) in [7, 11) is 0. The highest BCUT2D eigenvalue weighted by atomic mass is 16.4. The van der Waals surface area contributed by atoms with Crippen LogP contribution in [0.15, 0.2) is 24.3 Å². The maximum absolute atomic E-state index is 12.0. The lowest BCUT2D eigenvalue weighted by molar-refractivity contribution is -0.142. The van der Waals surface area contributed by atoms with E-state index < -0.39 is 24.0 Å². The molecule has 0 radical (unpaired) electrons. The van der Waals surface area contributed by atoms with Crippen molar-refractivity contribution in [3.05, 3.63) is 35.4 Å². The van der Waals surface area contributed by atoms with Crippen molar-refractivity contribution in [2.45, 2.75) is 38.3 Å². The molecule has 1 aromatic carbocycles. The first kappa shape index (κ1) is 15.0. The Hall–Kier alpha value is -2.37. The van der Waals surface area contributed by atoms with Gasteiger partial charge in [-0.3, -0.25) is 9.59 Å². The Kier molecular flexibility index (Phi) is 4.57. The molecule has 0 bridgehead atoms. The van der Waals surface area contributed by atoms with Gasteiger partial charge in [0.1, 0.15) is 12.1 Å². The van der Waals surface area contributed by atoms with E-state index in [4.69, 9.17) is 0 Å². The second-order valence-electron chi connectivity index (χ2n) is 5.19. The highest BCUT2D eigenvalue weighted by Gasteiger charge is 2.30. The Labute approximate surface area is 122 Å². The molecule has 21 heavy (non-hydrogen) atoms. The van der Waals surface area contributed by atoms with E-state index in [0.29, 0.717) is 12.8 Å². The second-order valence-corrected chi connectivity index (χ2v) is 5.19. The third-order valence-electron chi connectivity index (χ3n) is 3.61. The maximum Gasteiger partial charge on any atom is 0.326 e. The summed E-state index contributed by atoms with van der Waals surface area (Å²) in [6, 6.07) is 5.82. The lowest BCUT2D eigenvalue weighted by atomic mass is 10.0. The number of hydrogen-bond acceptors (Lipinski definition) is 3. The molecular weight excluding hydrogens is 272 g/mol. The number of carbonyl (C=O) groups excluding carboxylic acids is 2. The average Bonchev–Trinajstić information content (AvgIpc) is 2.87. The van der Waals surface area contributed by atoms with Gasteiger partial charge in [-0.1, -0.05) is 24.3 Å². The number of amides is 2. The molecule has 6 nitrogen and oxygen atoms in total. The van der Waals surface area contributed by atoms with Gasteiger partial charge in [-0.25, -0.2) is 4.79 Å². The van der Waals surface area contributed by atoms with Crippen LogP contribution in [0.3, 0.4) is 0 Å². The van der Waals surface area contributed by atoms with E-state index in [1.807, 2.05) is 31.2 Å². The molecule has 112 valence electrons. The first-order valence-corrected chi connectivity index (χ1v) is 6.84. The van der Waals surface area contributed by atoms with Gasteiger partial charge in [0.2, 0.25) is 11.8 Å². The Morgan fingerprint density at radius 3 is 2.71 bits per heavy atom. The van der Waals surface area contributed by atoms with Crippen LogP contribution in [0, 0.1) is 6.92 Å². The molecule has 1 fully saturated rings. The van der Waals surface area contributed by atoms with Crippen molar-refractivity contribution in [2.75, 3.05) is 0 Å². The molecule has 0 aromatic heterocycles. The molecule has 1 aliphatic rings. The molecule has 0 saturated carbocycles. The van der Waals surface area contributed by atoms with Crippen molar-refractivity contribution < 1.29 is 19.5 Å². The van der Waals surface area contributed by atoms with E-state index in [1.165, 1.54) is 0 Å². The SMILES string of the molecule is Cc1ccccc1C[C@H](NC(=O)[C@@H]1CCC(=O)N1)C(=O)O. The quantitative estimate of drug-likeness (QED) is 0.731. The van der Waals surface area contributed by atoms with Crippen LogP contribution < -0.4 is 10.6 Å². The number of hydrogen-bond donors (Lipinski definition) is 3. The van der Waals surface area contributed by atoms with Crippen molar-refractivity contribution in [2.24, 2.45) is 0 Å². The van der Waals surface area contributed by atoms with Crippen LogP contribution in [0.25, 0.3) is 0 Å². The summed E-state index contributed by atoms with van der Waals surface area (Å²) in [5.41, 5.74) is 1.85. The number of carbonyl (C=O) groups is 3. The normalized spacial score (nSPS) is 18.9. The number of benzene rings is 1. The predicted octanol–water partition coefficient (Wildman–Crippen LogP) is 0.386. The molecule has 0 unspecified atom stereocenters. The zero-order chi connectivity index (χ0) is 15.4. The smallest absolute Gasteiger partial charge is 0.326 e. The highest BCUT2D eigenvalue weighted by Crippen LogP contribution is 2.11. The molecule has 2 amide bonds. The molecule has 1 aliphatic heterocycles. The van der Waals surface area contributed by atoms with E-state index >= 15 is 0 Å². The van der Waals surface area contributed by atoms with Gasteiger partial charge in [-0.15, -0.1) is 0 Å². The van der Waals surface area contributed by atoms with Crippen molar-refractivity contribution >= 4 is 17.8 Å². The fourth-order valence-electron chi connectivity index (χ4n) is 2.34. The Morgan fingerprint density at radius 1 is 1.43 bits per heavy atom. The number of aryl methyl sites for hydroxylation is 1. The molecule has 6 heteroatoms. The standard InChI is InChI=1S/C15H18N2O4/c1-9-4-2-3-5-10(9)8-12(15(20)21)17-14(19)11-6-7-13(18)16-11/h2-5,11-12H,6-8H2,1H3,(H,16,18)(H,17,19)(H,20,21)/t11-,12-/m0/s1. The number of aliphatic carboxylic acids is 1. The third kappa shape index (κ3) is 3.81. The summed E-state index contributed by atoms with van der Waals surface area (Å²) in [6.45, 7) is 1.90. The molecule has 1 aromatic rings. The van der Waals surface area contributed by atoms with Crippen LogP contribution >= 0.6 is 0 Å². The summed E-state index contributed by atoms with van der Waals surface area (Å²) in [5, 5.41) is 14.3. The van der Waals surface area contributed by atoms with Crippen LogP contribution in [0.5, 0.6) is 0 Å². The van der Waals surface area contributed by atoms with E-state index in [-0.39, 0.29) is 12.3 Å². The van der Waals surface area contributed by atoms with Gasteiger partial charge in [-0.05, 0) is 24.5 Å². The van der Waals surface area contributed by atoms with E-state index in [2.05, 4.69) is 10.6 Å². The molecule has 3 N–H and O–H groups in total. The Bertz CT molecular complexity index is 571. The summed E-state index contributed by atoms with van der Waals surface area (Å²) in [4.78, 5) is 34.4. The Morgan fingerprint density at radius 2 is 2.14 bits per heavy atom. The van der Waals surface area contributed by atoms with Crippen molar-refractivity contribution in [1.82, 2.24) is 10.6 Å². The zero-order valence-corrected chi connectivity index (χ0v) is 11.8. The molecule has 2 atom stereocenters.